The lowest BCUT2D eigenvalue weighted by Gasteiger charge is -2.31. The SMILES string of the molecule is C1=CCCC(C(=Cc2ccc3c(c2)C2(c4cc(C=C(C5=CCCC=C5)C5=CC=CCC5)ccc4-c4ccc(C=C(C5=CC=CCC5)C5C=CC=CC5)cc42)c2cc(C=C(C4=CC=CCC4)C4C=CC=CC4)ccc2-3)C2=CCCC=C2)=C1. The van der Waals surface area contributed by atoms with E-state index in [0.29, 0.717) is 11.8 Å². The molecule has 396 valence electrons. The van der Waals surface area contributed by atoms with Crippen molar-refractivity contribution in [2.45, 2.75) is 95.3 Å². The van der Waals surface area contributed by atoms with E-state index in [4.69, 9.17) is 0 Å². The molecule has 4 aromatic rings. The van der Waals surface area contributed by atoms with Crippen LogP contribution in [0, 0.1) is 11.8 Å². The number of hydrogen-bond donors (Lipinski definition) is 0. The van der Waals surface area contributed by atoms with Gasteiger partial charge in [0.05, 0.1) is 5.41 Å². The molecule has 0 aromatic heterocycles. The standard InChI is InChI=1S/C81H72/c1-9-25-61(26-10-1)73(62-27-11-2-12-28-62)49-57-41-45-69-70-46-42-58(50-74(63-29-13-3-14-30-63)64-31-15-4-16-32-64)54-78(70)81(77(69)53-57)79-55-59(51-75(65-33-17-5-18-34-65)66-35-19-6-20-36-66)43-47-71(79)72-48-44-60(56-80(72)81)52-76(67-37-21-7-22-38-67)68-39-23-8-24-40-68/h1-3,5-7,9-11,13,15,17-19,21,23,25,27,29,31-33,35,37,39-56,61,65H,4,8,12,14,16,20,22,24,26,28,30,34,36,38H2. The Morgan fingerprint density at radius 2 is 0.716 bits per heavy atom. The molecule has 0 saturated carbocycles. The zero-order chi connectivity index (χ0) is 54.0. The smallest absolute Gasteiger partial charge is 0.0726 e. The van der Waals surface area contributed by atoms with E-state index in [0.717, 1.165) is 89.9 Å². The molecule has 10 aliphatic carbocycles. The normalized spacial score (nSPS) is 23.4. The Labute approximate surface area is 482 Å². The zero-order valence-corrected chi connectivity index (χ0v) is 46.8. The van der Waals surface area contributed by atoms with Crippen LogP contribution in [0.2, 0.25) is 0 Å². The predicted octanol–water partition coefficient (Wildman–Crippen LogP) is 21.5. The number of benzene rings is 4. The summed E-state index contributed by atoms with van der Waals surface area (Å²) < 4.78 is 0. The van der Waals surface area contributed by atoms with Crippen molar-refractivity contribution in [3.05, 3.63) is 331 Å². The van der Waals surface area contributed by atoms with Crippen molar-refractivity contribution >= 4 is 24.3 Å². The second kappa shape index (κ2) is 22.7. The van der Waals surface area contributed by atoms with Gasteiger partial charge in [-0.25, -0.2) is 0 Å². The Kier molecular flexibility index (Phi) is 14.2. The Balaban J connectivity index is 1.04. The molecule has 0 N–H and O–H groups in total. The maximum atomic E-state index is 2.62. The van der Waals surface area contributed by atoms with Gasteiger partial charge in [0.15, 0.2) is 0 Å². The topological polar surface area (TPSA) is 0 Å². The minimum Gasteiger partial charge on any atom is -0.0842 e. The fourth-order valence-electron chi connectivity index (χ4n) is 14.5. The van der Waals surface area contributed by atoms with Gasteiger partial charge >= 0.3 is 0 Å². The van der Waals surface area contributed by atoms with E-state index in [1.54, 1.807) is 0 Å². The molecule has 0 nitrogen and oxygen atoms in total. The maximum Gasteiger partial charge on any atom is 0.0726 e. The van der Waals surface area contributed by atoms with Gasteiger partial charge in [0.25, 0.3) is 0 Å². The second-order valence-corrected chi connectivity index (χ2v) is 23.5. The van der Waals surface area contributed by atoms with Crippen LogP contribution in [0.4, 0.5) is 0 Å². The van der Waals surface area contributed by atoms with Crippen molar-refractivity contribution < 1.29 is 0 Å². The zero-order valence-electron chi connectivity index (χ0n) is 46.8. The molecular weight excluding hydrogens is 973 g/mol. The molecular formula is C81H72. The molecule has 0 heteroatoms. The Morgan fingerprint density at radius 3 is 1.04 bits per heavy atom. The largest absolute Gasteiger partial charge is 0.0842 e. The Morgan fingerprint density at radius 1 is 0.346 bits per heavy atom. The van der Waals surface area contributed by atoms with Crippen LogP contribution in [0.15, 0.2) is 287 Å². The molecule has 4 aromatic carbocycles. The van der Waals surface area contributed by atoms with Gasteiger partial charge in [-0.3, -0.25) is 0 Å². The van der Waals surface area contributed by atoms with Crippen LogP contribution in [0.3, 0.4) is 0 Å². The summed E-state index contributed by atoms with van der Waals surface area (Å²) in [6, 6.07) is 30.0. The molecule has 1 spiro atoms. The molecule has 0 heterocycles. The fraction of sp³-hybridized carbons (Fsp3) is 0.210. The monoisotopic (exact) mass is 1040 g/mol. The molecule has 2 atom stereocenters. The van der Waals surface area contributed by atoms with Gasteiger partial charge in [0.2, 0.25) is 0 Å². The first-order valence-electron chi connectivity index (χ1n) is 30.5. The van der Waals surface area contributed by atoms with Crippen molar-refractivity contribution in [1.82, 2.24) is 0 Å². The fourth-order valence-corrected chi connectivity index (χ4v) is 14.5. The van der Waals surface area contributed by atoms with Crippen LogP contribution in [0.5, 0.6) is 0 Å². The van der Waals surface area contributed by atoms with Crippen LogP contribution in [-0.2, 0) is 5.41 Å². The highest BCUT2D eigenvalue weighted by atomic mass is 14.5. The van der Waals surface area contributed by atoms with Crippen molar-refractivity contribution in [1.29, 1.82) is 0 Å². The van der Waals surface area contributed by atoms with Crippen LogP contribution in [0.25, 0.3) is 46.6 Å². The Bertz CT molecular complexity index is 3650. The molecule has 10 aliphatic rings. The lowest BCUT2D eigenvalue weighted by Crippen LogP contribution is -2.26. The molecule has 2 unspecified atom stereocenters. The molecule has 0 fully saturated rings. The minimum atomic E-state index is -0.619. The van der Waals surface area contributed by atoms with Crippen LogP contribution < -0.4 is 0 Å². The third kappa shape index (κ3) is 9.88. The lowest BCUT2D eigenvalue weighted by molar-refractivity contribution is 0.761. The van der Waals surface area contributed by atoms with E-state index >= 15 is 0 Å². The number of rotatable bonds is 12. The quantitative estimate of drug-likeness (QED) is 0.115. The van der Waals surface area contributed by atoms with E-state index in [1.807, 2.05) is 0 Å². The maximum absolute atomic E-state index is 2.62. The highest BCUT2D eigenvalue weighted by molar-refractivity contribution is 5.97. The molecule has 0 saturated heterocycles. The molecule has 81 heavy (non-hydrogen) atoms. The van der Waals surface area contributed by atoms with Gasteiger partial charge in [-0.2, -0.15) is 0 Å². The van der Waals surface area contributed by atoms with Crippen LogP contribution in [0.1, 0.15) is 134 Å². The van der Waals surface area contributed by atoms with E-state index in [1.165, 1.54) is 122 Å². The van der Waals surface area contributed by atoms with Crippen molar-refractivity contribution in [3.63, 3.8) is 0 Å². The van der Waals surface area contributed by atoms with Gasteiger partial charge in [-0.05, 0) is 249 Å². The lowest BCUT2D eigenvalue weighted by atomic mass is 9.69. The second-order valence-electron chi connectivity index (χ2n) is 23.5. The first-order chi connectivity index (χ1) is 40.2. The van der Waals surface area contributed by atoms with Crippen molar-refractivity contribution in [2.75, 3.05) is 0 Å². The van der Waals surface area contributed by atoms with E-state index in [-0.39, 0.29) is 0 Å². The summed E-state index contributed by atoms with van der Waals surface area (Å²) in [5.74, 6) is 0.653. The summed E-state index contributed by atoms with van der Waals surface area (Å²) in [5.41, 5.74) is 29.2. The van der Waals surface area contributed by atoms with Gasteiger partial charge in [0.1, 0.15) is 0 Å². The van der Waals surface area contributed by atoms with E-state index < -0.39 is 5.41 Å². The average molecular weight is 1050 g/mol. The minimum absolute atomic E-state index is 0.327. The first kappa shape index (κ1) is 50.9. The number of hydrogen-bond acceptors (Lipinski definition) is 0. The third-order valence-electron chi connectivity index (χ3n) is 18.5. The summed E-state index contributed by atoms with van der Waals surface area (Å²) in [4.78, 5) is 0. The third-order valence-corrected chi connectivity index (χ3v) is 18.5. The summed E-state index contributed by atoms with van der Waals surface area (Å²) in [7, 11) is 0. The van der Waals surface area contributed by atoms with E-state index in [9.17, 15) is 0 Å². The summed E-state index contributed by atoms with van der Waals surface area (Å²) in [6.45, 7) is 0. The van der Waals surface area contributed by atoms with Crippen LogP contribution >= 0.6 is 0 Å². The predicted molar refractivity (Wildman–Crippen MR) is 346 cm³/mol. The summed E-state index contributed by atoms with van der Waals surface area (Å²) in [5, 5.41) is 0. The van der Waals surface area contributed by atoms with Crippen molar-refractivity contribution in [3.8, 4) is 22.3 Å². The van der Waals surface area contributed by atoms with Gasteiger partial charge in [0, 0.05) is 11.8 Å². The summed E-state index contributed by atoms with van der Waals surface area (Å²) >= 11 is 0. The molecule has 0 radical (unpaired) electrons. The molecule has 0 aliphatic heterocycles. The molecule has 0 bridgehead atoms. The highest BCUT2D eigenvalue weighted by Crippen LogP contribution is 2.64. The van der Waals surface area contributed by atoms with Crippen LogP contribution in [-0.4, -0.2) is 0 Å². The average Bonchev–Trinajstić information content (AvgIpc) is 4.07. The van der Waals surface area contributed by atoms with Crippen molar-refractivity contribution in [2.24, 2.45) is 11.8 Å². The molecule has 0 amide bonds. The number of allylic oxidation sites excluding steroid dienone is 36. The van der Waals surface area contributed by atoms with Gasteiger partial charge in [-0.1, -0.05) is 219 Å². The van der Waals surface area contributed by atoms with Gasteiger partial charge in [-0.15, -0.1) is 0 Å². The van der Waals surface area contributed by atoms with E-state index in [2.05, 4.69) is 255 Å². The Hall–Kier alpha value is -8.32. The number of fused-ring (bicyclic) bond motifs is 10. The van der Waals surface area contributed by atoms with Gasteiger partial charge < -0.3 is 0 Å². The highest BCUT2D eigenvalue weighted by Gasteiger charge is 2.52. The summed E-state index contributed by atoms with van der Waals surface area (Å²) in [6.07, 6.45) is 85.7. The molecule has 14 rings (SSSR count). The first-order valence-corrected chi connectivity index (χ1v) is 30.5.